The molecule has 11 heavy (non-hydrogen) atoms. The summed E-state index contributed by atoms with van der Waals surface area (Å²) in [6.07, 6.45) is 1.11. The second kappa shape index (κ2) is 5.16. The predicted octanol–water partition coefficient (Wildman–Crippen LogP) is 2.20. The zero-order valence-electron chi connectivity index (χ0n) is 8.31. The molecule has 66 valence electrons. The van der Waals surface area contributed by atoms with Gasteiger partial charge in [0.05, 0.1) is 5.84 Å². The van der Waals surface area contributed by atoms with Crippen molar-refractivity contribution in [3.63, 3.8) is 0 Å². The van der Waals surface area contributed by atoms with Crippen molar-refractivity contribution in [3.8, 4) is 0 Å². The number of amidine groups is 1. The molecule has 0 aromatic rings. The Morgan fingerprint density at radius 2 is 1.91 bits per heavy atom. The summed E-state index contributed by atoms with van der Waals surface area (Å²) in [5.74, 6) is 1.05. The van der Waals surface area contributed by atoms with Crippen LogP contribution in [-0.2, 0) is 0 Å². The molecule has 0 radical (unpaired) electrons. The Morgan fingerprint density at radius 3 is 2.27 bits per heavy atom. The van der Waals surface area contributed by atoms with Gasteiger partial charge in [0.15, 0.2) is 0 Å². The molecular formula is C9H20N2. The number of nitrogens with zero attached hydrogens (tertiary/aromatic N) is 1. The van der Waals surface area contributed by atoms with Crippen molar-refractivity contribution in [1.82, 2.24) is 5.32 Å². The smallest absolute Gasteiger partial charge is 0.0936 e. The third-order valence-electron chi connectivity index (χ3n) is 1.50. The lowest BCUT2D eigenvalue weighted by molar-refractivity contribution is 0.685. The van der Waals surface area contributed by atoms with Crippen molar-refractivity contribution in [2.75, 3.05) is 0 Å². The molecule has 0 saturated heterocycles. The molecule has 0 spiro atoms. The molecule has 0 heterocycles. The van der Waals surface area contributed by atoms with Crippen LogP contribution in [0.5, 0.6) is 0 Å². The minimum atomic E-state index is 0.446. The van der Waals surface area contributed by atoms with Gasteiger partial charge in [0.2, 0.25) is 0 Å². The average molecular weight is 156 g/mol. The number of aliphatic imine (C=N–C) groups is 1. The van der Waals surface area contributed by atoms with Gasteiger partial charge < -0.3 is 5.32 Å². The lowest BCUT2D eigenvalue weighted by Crippen LogP contribution is -2.28. The summed E-state index contributed by atoms with van der Waals surface area (Å²) in [7, 11) is 0. The summed E-state index contributed by atoms with van der Waals surface area (Å²) >= 11 is 0. The maximum absolute atomic E-state index is 4.44. The summed E-state index contributed by atoms with van der Waals surface area (Å²) in [6.45, 7) is 10.5. The first kappa shape index (κ1) is 10.5. The van der Waals surface area contributed by atoms with E-state index in [1.165, 1.54) is 0 Å². The number of hydrogen-bond donors (Lipinski definition) is 1. The van der Waals surface area contributed by atoms with Gasteiger partial charge in [0.1, 0.15) is 0 Å². The van der Waals surface area contributed by atoms with E-state index in [-0.39, 0.29) is 0 Å². The van der Waals surface area contributed by atoms with Crippen LogP contribution in [0, 0.1) is 0 Å². The van der Waals surface area contributed by atoms with Gasteiger partial charge in [0, 0.05) is 12.1 Å². The van der Waals surface area contributed by atoms with Crippen molar-refractivity contribution in [2.24, 2.45) is 4.99 Å². The highest BCUT2D eigenvalue weighted by atomic mass is 15.0. The van der Waals surface area contributed by atoms with Crippen molar-refractivity contribution in [2.45, 2.75) is 53.1 Å². The number of nitrogens with one attached hydrogen (secondary N) is 1. The van der Waals surface area contributed by atoms with Gasteiger partial charge in [-0.05, 0) is 34.1 Å². The van der Waals surface area contributed by atoms with Crippen molar-refractivity contribution < 1.29 is 0 Å². The van der Waals surface area contributed by atoms with E-state index in [0.717, 1.165) is 12.3 Å². The highest BCUT2D eigenvalue weighted by Gasteiger charge is 1.97. The van der Waals surface area contributed by atoms with Crippen molar-refractivity contribution in [1.29, 1.82) is 0 Å². The Bertz CT molecular complexity index is 128. The van der Waals surface area contributed by atoms with E-state index in [9.17, 15) is 0 Å². The summed E-state index contributed by atoms with van der Waals surface area (Å²) < 4.78 is 0. The Balaban J connectivity index is 3.79. The maximum atomic E-state index is 4.44. The van der Waals surface area contributed by atoms with Gasteiger partial charge in [-0.1, -0.05) is 6.92 Å². The van der Waals surface area contributed by atoms with E-state index in [1.54, 1.807) is 0 Å². The molecule has 2 nitrogen and oxygen atoms in total. The van der Waals surface area contributed by atoms with E-state index in [1.807, 2.05) is 6.92 Å². The molecular weight excluding hydrogens is 136 g/mol. The second-order valence-corrected chi connectivity index (χ2v) is 3.27. The van der Waals surface area contributed by atoms with Crippen molar-refractivity contribution >= 4 is 5.84 Å². The Labute approximate surface area is 70.1 Å². The third kappa shape index (κ3) is 5.89. The molecule has 2 heteroatoms. The van der Waals surface area contributed by atoms with E-state index < -0.39 is 0 Å². The van der Waals surface area contributed by atoms with Gasteiger partial charge in [-0.25, -0.2) is 0 Å². The molecule has 1 unspecified atom stereocenters. The highest BCUT2D eigenvalue weighted by molar-refractivity contribution is 5.79. The molecule has 0 amide bonds. The molecule has 0 rings (SSSR count). The van der Waals surface area contributed by atoms with Gasteiger partial charge >= 0.3 is 0 Å². The molecule has 1 N–H and O–H groups in total. The van der Waals surface area contributed by atoms with Gasteiger partial charge in [-0.2, -0.15) is 0 Å². The fourth-order valence-corrected chi connectivity index (χ4v) is 0.877. The largest absolute Gasteiger partial charge is 0.372 e. The Kier molecular flexibility index (Phi) is 4.92. The van der Waals surface area contributed by atoms with Crippen LogP contribution >= 0.6 is 0 Å². The summed E-state index contributed by atoms with van der Waals surface area (Å²) in [4.78, 5) is 4.44. The minimum absolute atomic E-state index is 0.446. The maximum Gasteiger partial charge on any atom is 0.0936 e. The van der Waals surface area contributed by atoms with Crippen LogP contribution in [0.2, 0.25) is 0 Å². The fourth-order valence-electron chi connectivity index (χ4n) is 0.877. The molecule has 0 aromatic carbocycles. The van der Waals surface area contributed by atoms with Gasteiger partial charge in [0.25, 0.3) is 0 Å². The molecule has 1 atom stereocenters. The molecule has 0 saturated carbocycles. The monoisotopic (exact) mass is 156 g/mol. The first-order chi connectivity index (χ1) is 5.06. The quantitative estimate of drug-likeness (QED) is 0.491. The van der Waals surface area contributed by atoms with Crippen LogP contribution in [0.25, 0.3) is 0 Å². The molecule has 0 aliphatic heterocycles. The van der Waals surface area contributed by atoms with E-state index in [0.29, 0.717) is 12.1 Å². The third-order valence-corrected chi connectivity index (χ3v) is 1.50. The molecule has 0 aromatic heterocycles. The average Bonchev–Trinajstić information content (AvgIpc) is 1.85. The first-order valence-corrected chi connectivity index (χ1v) is 4.37. The Hall–Kier alpha value is -0.530. The highest BCUT2D eigenvalue weighted by Crippen LogP contribution is 1.94. The molecule has 0 bridgehead atoms. The summed E-state index contributed by atoms with van der Waals surface area (Å²) in [5, 5.41) is 3.26. The van der Waals surface area contributed by atoms with Crippen LogP contribution in [0.1, 0.15) is 41.0 Å². The standard InChI is InChI=1S/C9H20N2/c1-6-8(4)11-9(5)10-7(2)3/h7-8H,6H2,1-5H3,(H,10,11). The van der Waals surface area contributed by atoms with Crippen LogP contribution in [0.3, 0.4) is 0 Å². The summed E-state index contributed by atoms with van der Waals surface area (Å²) in [5.41, 5.74) is 0. The second-order valence-electron chi connectivity index (χ2n) is 3.27. The molecule has 0 aliphatic rings. The zero-order valence-corrected chi connectivity index (χ0v) is 8.31. The predicted molar refractivity (Wildman–Crippen MR) is 51.1 cm³/mol. The zero-order chi connectivity index (χ0) is 8.85. The van der Waals surface area contributed by atoms with E-state index in [4.69, 9.17) is 0 Å². The van der Waals surface area contributed by atoms with E-state index >= 15 is 0 Å². The lowest BCUT2D eigenvalue weighted by Gasteiger charge is -2.10. The summed E-state index contributed by atoms with van der Waals surface area (Å²) in [6, 6.07) is 0.934. The SMILES string of the molecule is CCC(C)N=C(C)NC(C)C. The van der Waals surface area contributed by atoms with Gasteiger partial charge in [-0.3, -0.25) is 4.99 Å². The van der Waals surface area contributed by atoms with Crippen LogP contribution in [0.15, 0.2) is 4.99 Å². The Morgan fingerprint density at radius 1 is 1.36 bits per heavy atom. The lowest BCUT2D eigenvalue weighted by atomic mass is 10.3. The minimum Gasteiger partial charge on any atom is -0.372 e. The van der Waals surface area contributed by atoms with E-state index in [2.05, 4.69) is 38.0 Å². The van der Waals surface area contributed by atoms with Gasteiger partial charge in [-0.15, -0.1) is 0 Å². The normalized spacial score (nSPS) is 15.3. The van der Waals surface area contributed by atoms with Crippen LogP contribution in [0.4, 0.5) is 0 Å². The van der Waals surface area contributed by atoms with Crippen LogP contribution < -0.4 is 5.32 Å². The molecule has 0 fully saturated rings. The van der Waals surface area contributed by atoms with Crippen LogP contribution in [-0.4, -0.2) is 17.9 Å². The first-order valence-electron chi connectivity index (χ1n) is 4.37. The fraction of sp³-hybridized carbons (Fsp3) is 0.889. The molecule has 0 aliphatic carbocycles. The number of hydrogen-bond acceptors (Lipinski definition) is 1. The topological polar surface area (TPSA) is 24.4 Å². The van der Waals surface area contributed by atoms with Crippen molar-refractivity contribution in [3.05, 3.63) is 0 Å². The number of rotatable bonds is 3.